The van der Waals surface area contributed by atoms with Crippen molar-refractivity contribution in [3.63, 3.8) is 0 Å². The molecule has 10 N–H and O–H groups in total. The maximum atomic E-state index is 12.7. The number of nitrogens with two attached hydrogens (primary N) is 2. The standard InChI is InChI=1S/C26H39N14O23P5/c1-37-9-40(20-14(37)22(45)34-26(28)32-20)24-18(56-2)16(42)11(60-24)7-58-67(52,53)63-68(54,55)61-64(46,47)12-5-38(36-35-12)4-3-30-65(48,49)62-66(50,51)57-6-10-15(41)17(43)23(59-10)39-8-29-13-19(39)31-25(27)33-21(13)44/h5,8-11,15-18,23-24,41-43H,3-4,6-7H2,1-2H3,(H11-,27,28,30,31,32,33,34,44,45,46,47,48,49,50,51,52,53,54,55)/p-4/t10-,11-,15?,16?,17+,18+,23-,24-/m1/s1. The van der Waals surface area contributed by atoms with Crippen molar-refractivity contribution < 1.29 is 103 Å². The molecule has 376 valence electrons. The summed E-state index contributed by atoms with van der Waals surface area (Å²) in [5.74, 6) is -0.607. The number of H-pyrrole nitrogens is 2. The molecule has 7 heterocycles. The van der Waals surface area contributed by atoms with Crippen molar-refractivity contribution in [2.75, 3.05) is 38.3 Å². The van der Waals surface area contributed by atoms with E-state index < -0.39 is 131 Å². The molecule has 13 atom stereocenters. The first-order valence-electron chi connectivity index (χ1n) is 18.6. The molecule has 0 amide bonds. The molecule has 5 aromatic rings. The Bertz CT molecular complexity index is 3070. The van der Waals surface area contributed by atoms with Crippen molar-refractivity contribution in [2.45, 2.75) is 55.6 Å². The van der Waals surface area contributed by atoms with Crippen LogP contribution in [-0.2, 0) is 72.6 Å². The van der Waals surface area contributed by atoms with E-state index in [4.69, 9.17) is 25.7 Å². The Labute approximate surface area is 376 Å². The predicted molar refractivity (Wildman–Crippen MR) is 206 cm³/mol. The van der Waals surface area contributed by atoms with Gasteiger partial charge in [-0.05, 0) is 0 Å². The third-order valence-electron chi connectivity index (χ3n) is 9.57. The molecule has 68 heavy (non-hydrogen) atoms. The zero-order chi connectivity index (χ0) is 49.9. The fraction of sp³-hybridized carbons (Fsp3) is 0.538. The highest BCUT2D eigenvalue weighted by Gasteiger charge is 2.49. The fourth-order valence-electron chi connectivity index (χ4n) is 6.69. The van der Waals surface area contributed by atoms with Gasteiger partial charge >= 0.3 is 5.65 Å². The minimum absolute atomic E-state index is 0.0229. The second-order valence-electron chi connectivity index (χ2n) is 14.3. The van der Waals surface area contributed by atoms with E-state index in [2.05, 4.69) is 57.2 Å². The molecule has 2 fully saturated rings. The highest BCUT2D eigenvalue weighted by Crippen LogP contribution is 2.62. The monoisotopic (exact) mass is 1070 g/mol. The lowest BCUT2D eigenvalue weighted by Gasteiger charge is -2.34. The molecule has 0 spiro atoms. The number of nitrogen functional groups attached to an aromatic ring is 2. The normalized spacial score (nSPS) is 27.7. The molecule has 0 radical (unpaired) electrons. The molecule has 2 aliphatic heterocycles. The topological polar surface area (TPSA) is 548 Å². The lowest BCUT2D eigenvalue weighted by molar-refractivity contribution is -0.746. The number of fused-ring (bicyclic) bond motifs is 2. The van der Waals surface area contributed by atoms with Crippen LogP contribution >= 0.6 is 38.8 Å². The lowest BCUT2D eigenvalue weighted by atomic mass is 10.1. The molecule has 0 aromatic carbocycles. The van der Waals surface area contributed by atoms with Crippen molar-refractivity contribution in [2.24, 2.45) is 7.05 Å². The van der Waals surface area contributed by atoms with Gasteiger partial charge in [-0.1, -0.05) is 10.2 Å². The third kappa shape index (κ3) is 11.2. The second-order valence-corrected chi connectivity index (χ2v) is 22.2. The number of ether oxygens (including phenoxy) is 3. The molecule has 37 nitrogen and oxygen atoms in total. The predicted octanol–water partition coefficient (Wildman–Crippen LogP) is -8.24. The molecule has 7 rings (SSSR count). The Morgan fingerprint density at radius 2 is 1.50 bits per heavy atom. The third-order valence-corrected chi connectivity index (χ3v) is 16.8. The Kier molecular flexibility index (Phi) is 14.7. The van der Waals surface area contributed by atoms with E-state index in [1.807, 2.05) is 0 Å². The van der Waals surface area contributed by atoms with Crippen LogP contribution in [0.25, 0.3) is 22.3 Å². The van der Waals surface area contributed by atoms with Gasteiger partial charge in [0, 0.05) is 13.7 Å². The van der Waals surface area contributed by atoms with E-state index in [9.17, 15) is 72.2 Å². The van der Waals surface area contributed by atoms with Gasteiger partial charge in [-0.15, -0.1) is 5.10 Å². The highest BCUT2D eigenvalue weighted by molar-refractivity contribution is 7.70. The molecular weight excluding hydrogens is 1030 g/mol. The van der Waals surface area contributed by atoms with Gasteiger partial charge < -0.3 is 79.1 Å². The van der Waals surface area contributed by atoms with E-state index in [0.717, 1.165) is 18.0 Å². The molecule has 0 aliphatic carbocycles. The van der Waals surface area contributed by atoms with Gasteiger partial charge in [-0.25, -0.2) is 13.9 Å². The van der Waals surface area contributed by atoms with Crippen LogP contribution in [0, 0.1) is 0 Å². The highest BCUT2D eigenvalue weighted by atomic mass is 31.3. The Morgan fingerprint density at radius 3 is 2.18 bits per heavy atom. The van der Waals surface area contributed by atoms with Crippen LogP contribution in [0.5, 0.6) is 0 Å². The second kappa shape index (κ2) is 19.3. The average Bonchev–Trinajstić information content (AvgIpc) is 4.03. The lowest BCUT2D eigenvalue weighted by Crippen LogP contribution is -2.47. The first kappa shape index (κ1) is 51.8. The number of aryl methyl sites for hydroxylation is 1. The van der Waals surface area contributed by atoms with Crippen molar-refractivity contribution in [3.8, 4) is 0 Å². The Balaban J connectivity index is 0.878. The summed E-state index contributed by atoms with van der Waals surface area (Å²) in [5, 5.41) is 40.0. The van der Waals surface area contributed by atoms with Crippen molar-refractivity contribution in [1.29, 1.82) is 0 Å². The summed E-state index contributed by atoms with van der Waals surface area (Å²) in [4.78, 5) is 103. The Hall–Kier alpha value is -4.09. The van der Waals surface area contributed by atoms with Crippen LogP contribution in [0.3, 0.4) is 0 Å². The fourth-order valence-corrected chi connectivity index (χ4v) is 12.6. The number of aliphatic hydroxyl groups is 3. The van der Waals surface area contributed by atoms with Gasteiger partial charge in [0.15, 0.2) is 36.7 Å². The summed E-state index contributed by atoms with van der Waals surface area (Å²) in [5.41, 5.74) is 8.16. The first-order chi connectivity index (χ1) is 31.6. The van der Waals surface area contributed by atoms with Crippen molar-refractivity contribution in [3.05, 3.63) is 39.6 Å². The number of aromatic nitrogens is 11. The minimum Gasteiger partial charge on any atom is -0.774 e. The molecular formula is C26H35N14O23P5-4. The van der Waals surface area contributed by atoms with Gasteiger partial charge in [0.2, 0.25) is 25.4 Å². The molecule has 5 aromatic heterocycles. The number of phosphoric acid groups is 3. The molecule has 2 aliphatic rings. The van der Waals surface area contributed by atoms with Crippen LogP contribution < -0.4 is 62.1 Å². The number of imidazole rings is 2. The van der Waals surface area contributed by atoms with Crippen LogP contribution in [0.2, 0.25) is 0 Å². The van der Waals surface area contributed by atoms with Gasteiger partial charge in [-0.2, -0.15) is 4.98 Å². The smallest absolute Gasteiger partial charge is 0.313 e. The minimum atomic E-state index is -6.41. The molecule has 0 saturated carbocycles. The summed E-state index contributed by atoms with van der Waals surface area (Å²) in [7, 11) is -27.1. The van der Waals surface area contributed by atoms with E-state index in [-0.39, 0.29) is 34.2 Å². The zero-order valence-electron chi connectivity index (χ0n) is 34.1. The van der Waals surface area contributed by atoms with E-state index in [1.54, 1.807) is 5.09 Å². The summed E-state index contributed by atoms with van der Waals surface area (Å²) in [6.07, 6.45) is -9.78. The molecule has 7 unspecified atom stereocenters. The van der Waals surface area contributed by atoms with Crippen molar-refractivity contribution >= 4 is 78.5 Å². The average molecular weight is 1070 g/mol. The quantitative estimate of drug-likeness (QED) is 0.0265. The van der Waals surface area contributed by atoms with Gasteiger partial charge in [0.25, 0.3) is 40.5 Å². The van der Waals surface area contributed by atoms with Crippen LogP contribution in [0.15, 0.2) is 28.4 Å². The number of methoxy groups -OCH3 is 1. The van der Waals surface area contributed by atoms with E-state index in [1.165, 1.54) is 22.5 Å². The number of aromatic amines is 2. The van der Waals surface area contributed by atoms with Crippen LogP contribution in [-0.4, -0.2) is 128 Å². The maximum absolute atomic E-state index is 12.7. The summed E-state index contributed by atoms with van der Waals surface area (Å²) in [6, 6.07) is 0. The summed E-state index contributed by atoms with van der Waals surface area (Å²) >= 11 is 0. The van der Waals surface area contributed by atoms with Gasteiger partial charge in [-0.3, -0.25) is 65.3 Å². The maximum Gasteiger partial charge on any atom is 0.313 e. The van der Waals surface area contributed by atoms with E-state index >= 15 is 0 Å². The number of nitrogens with zero attached hydrogens (tertiary/aromatic N) is 9. The summed E-state index contributed by atoms with van der Waals surface area (Å²) < 4.78 is 104. The Morgan fingerprint density at radius 1 is 0.868 bits per heavy atom. The number of phosphoric ester groups is 2. The SMILES string of the molecule is CO[C@H]1C(O)[C@@H](COP(=O)([O-])OP(=O)([O-])OP(=O)([O-])c2cn(CCNP(=O)([O-])OP(=O)([O-])OC[C@H]3O[C@@H](n4cnc5c(=O)[nH]c(N)nc54)[C@@H](O)C3O)nn2)O[C@H]1[n+]1cn(C)c2c(=O)[nH]c(N)nc21. The number of rotatable bonds is 20. The van der Waals surface area contributed by atoms with E-state index in [0.29, 0.717) is 10.9 Å². The first-order valence-corrected chi connectivity index (χ1v) is 26.1. The number of nitrogens with one attached hydrogen (secondary N) is 3. The largest absolute Gasteiger partial charge is 0.774 e. The molecule has 42 heteroatoms. The van der Waals surface area contributed by atoms with Crippen molar-refractivity contribution in [1.82, 2.24) is 54.1 Å². The number of aliphatic hydroxyl groups excluding tert-OH is 3. The van der Waals surface area contributed by atoms with Gasteiger partial charge in [0.05, 0.1) is 39.3 Å². The molecule has 2 saturated heterocycles. The van der Waals surface area contributed by atoms with Crippen LogP contribution in [0.1, 0.15) is 12.5 Å². The van der Waals surface area contributed by atoms with Gasteiger partial charge in [0.1, 0.15) is 36.6 Å². The number of hydrogen-bond acceptors (Lipinski definition) is 30. The summed E-state index contributed by atoms with van der Waals surface area (Å²) in [6.45, 7) is -3.71. The molecule has 0 bridgehead atoms. The number of anilines is 2. The zero-order valence-corrected chi connectivity index (χ0v) is 38.6. The van der Waals surface area contributed by atoms with Crippen LogP contribution in [0.4, 0.5) is 11.9 Å². The number of hydrogen-bond donors (Lipinski definition) is 8.